The molecule has 0 saturated heterocycles. The summed E-state index contributed by atoms with van der Waals surface area (Å²) in [7, 11) is -2.33. The minimum Gasteiger partial charge on any atom is -0.497 e. The third kappa shape index (κ3) is 3.93. The summed E-state index contributed by atoms with van der Waals surface area (Å²) in [5, 5.41) is 9.25. The van der Waals surface area contributed by atoms with E-state index in [0.29, 0.717) is 5.75 Å². The summed E-state index contributed by atoms with van der Waals surface area (Å²) in [6, 6.07) is 6.09. The molecule has 1 aromatic carbocycles. The number of benzene rings is 1. The van der Waals surface area contributed by atoms with Crippen molar-refractivity contribution in [3.63, 3.8) is 0 Å². The average molecular weight is 364 g/mol. The van der Waals surface area contributed by atoms with E-state index in [1.807, 2.05) is 0 Å². The van der Waals surface area contributed by atoms with E-state index in [1.165, 1.54) is 25.4 Å². The molecule has 1 aliphatic carbocycles. The first kappa shape index (κ1) is 17.3. The molecule has 1 heterocycles. The maximum absolute atomic E-state index is 12.5. The van der Waals surface area contributed by atoms with Crippen molar-refractivity contribution in [3.05, 3.63) is 36.2 Å². The van der Waals surface area contributed by atoms with Crippen molar-refractivity contribution >= 4 is 21.6 Å². The average Bonchev–Trinajstić information content (AvgIpc) is 3.26. The minimum absolute atomic E-state index is 0.0663. The Morgan fingerprint density at radius 1 is 1.24 bits per heavy atom. The van der Waals surface area contributed by atoms with Crippen LogP contribution in [-0.4, -0.2) is 37.7 Å². The zero-order valence-electron chi connectivity index (χ0n) is 13.8. The molecule has 0 radical (unpaired) electrons. The summed E-state index contributed by atoms with van der Waals surface area (Å²) < 4.78 is 32.4. The fourth-order valence-corrected chi connectivity index (χ4v) is 3.88. The predicted molar refractivity (Wildman–Crippen MR) is 92.1 cm³/mol. The highest BCUT2D eigenvalue weighted by molar-refractivity contribution is 7.92. The van der Waals surface area contributed by atoms with E-state index in [4.69, 9.17) is 4.74 Å². The molecule has 0 atom stereocenters. The number of hydrogen-bond donors (Lipinski definition) is 3. The van der Waals surface area contributed by atoms with Gasteiger partial charge in [-0.15, -0.1) is 0 Å². The van der Waals surface area contributed by atoms with Gasteiger partial charge in [0.15, 0.2) is 0 Å². The number of carbonyl (C=O) groups is 1. The first-order valence-corrected chi connectivity index (χ1v) is 9.49. The fraction of sp³-hybridized carbons (Fsp3) is 0.375. The van der Waals surface area contributed by atoms with Crippen molar-refractivity contribution < 1.29 is 17.9 Å². The molecule has 3 N–H and O–H groups in total. The summed E-state index contributed by atoms with van der Waals surface area (Å²) in [5.74, 6) is 0.190. The van der Waals surface area contributed by atoms with Gasteiger partial charge in [-0.25, -0.2) is 8.42 Å². The van der Waals surface area contributed by atoms with Crippen LogP contribution in [0.5, 0.6) is 5.75 Å². The maximum Gasteiger partial charge on any atom is 0.271 e. The monoisotopic (exact) mass is 364 g/mol. The summed E-state index contributed by atoms with van der Waals surface area (Å²) in [6.07, 6.45) is 5.33. The summed E-state index contributed by atoms with van der Waals surface area (Å²) in [6.45, 7) is 0. The third-order valence-corrected chi connectivity index (χ3v) is 5.55. The number of hydrogen-bond acceptors (Lipinski definition) is 5. The zero-order chi connectivity index (χ0) is 17.9. The molecule has 1 aromatic heterocycles. The Hall–Kier alpha value is -2.55. The summed E-state index contributed by atoms with van der Waals surface area (Å²) in [4.78, 5) is 12.4. The molecule has 0 aliphatic heterocycles. The largest absolute Gasteiger partial charge is 0.497 e. The lowest BCUT2D eigenvalue weighted by Gasteiger charge is -2.12. The van der Waals surface area contributed by atoms with E-state index in [2.05, 4.69) is 20.2 Å². The van der Waals surface area contributed by atoms with E-state index in [1.54, 1.807) is 12.1 Å². The van der Waals surface area contributed by atoms with Crippen LogP contribution < -0.4 is 14.8 Å². The van der Waals surface area contributed by atoms with E-state index in [9.17, 15) is 13.2 Å². The van der Waals surface area contributed by atoms with Gasteiger partial charge in [-0.05, 0) is 37.1 Å². The van der Waals surface area contributed by atoms with Crippen molar-refractivity contribution in [2.45, 2.75) is 36.6 Å². The number of aromatic nitrogens is 2. The van der Waals surface area contributed by atoms with Crippen molar-refractivity contribution in [2.24, 2.45) is 0 Å². The number of anilines is 1. The first-order valence-electron chi connectivity index (χ1n) is 8.01. The molecule has 3 rings (SSSR count). The normalized spacial score (nSPS) is 15.1. The maximum atomic E-state index is 12.5. The Balaban J connectivity index is 1.76. The van der Waals surface area contributed by atoms with Gasteiger partial charge < -0.3 is 10.1 Å². The molecule has 1 amide bonds. The highest BCUT2D eigenvalue weighted by atomic mass is 32.2. The highest BCUT2D eigenvalue weighted by Gasteiger charge is 2.23. The fourth-order valence-electron chi connectivity index (χ4n) is 2.82. The quantitative estimate of drug-likeness (QED) is 0.724. The van der Waals surface area contributed by atoms with Crippen LogP contribution in [0.1, 0.15) is 36.2 Å². The predicted octanol–water partition coefficient (Wildman–Crippen LogP) is 1.89. The number of rotatable bonds is 6. The number of methoxy groups -OCH3 is 1. The molecule has 25 heavy (non-hydrogen) atoms. The van der Waals surface area contributed by atoms with Crippen molar-refractivity contribution in [1.82, 2.24) is 15.5 Å². The SMILES string of the molecule is COc1ccc(S(=O)(=O)Nc2cn[nH]c2C(=O)NC2CCCC2)cc1. The molecule has 2 aromatic rings. The lowest BCUT2D eigenvalue weighted by Crippen LogP contribution is -2.33. The van der Waals surface area contributed by atoms with Gasteiger partial charge in [-0.1, -0.05) is 12.8 Å². The molecule has 9 heteroatoms. The van der Waals surface area contributed by atoms with Crippen LogP contribution in [0, 0.1) is 0 Å². The van der Waals surface area contributed by atoms with E-state index in [-0.39, 0.29) is 28.2 Å². The summed E-state index contributed by atoms with van der Waals surface area (Å²) >= 11 is 0. The molecule has 0 spiro atoms. The third-order valence-electron chi connectivity index (χ3n) is 4.17. The van der Waals surface area contributed by atoms with Crippen LogP contribution in [0.15, 0.2) is 35.4 Å². The second-order valence-electron chi connectivity index (χ2n) is 5.89. The van der Waals surface area contributed by atoms with Gasteiger partial charge in [-0.2, -0.15) is 5.10 Å². The molecule has 0 unspecified atom stereocenters. The number of ether oxygens (including phenoxy) is 1. The minimum atomic E-state index is -3.84. The number of sulfonamides is 1. The van der Waals surface area contributed by atoms with Crippen molar-refractivity contribution in [1.29, 1.82) is 0 Å². The van der Waals surface area contributed by atoms with Crippen molar-refractivity contribution in [2.75, 3.05) is 11.8 Å². The molecule has 8 nitrogen and oxygen atoms in total. The van der Waals surface area contributed by atoms with Gasteiger partial charge in [0, 0.05) is 6.04 Å². The van der Waals surface area contributed by atoms with E-state index >= 15 is 0 Å². The molecule has 134 valence electrons. The zero-order valence-corrected chi connectivity index (χ0v) is 14.6. The molecular formula is C16H20N4O4S. The number of H-pyrrole nitrogens is 1. The number of nitrogens with zero attached hydrogens (tertiary/aromatic N) is 1. The van der Waals surface area contributed by atoms with E-state index in [0.717, 1.165) is 25.7 Å². The topological polar surface area (TPSA) is 113 Å². The Labute approximate surface area is 146 Å². The lowest BCUT2D eigenvalue weighted by molar-refractivity contribution is 0.0933. The van der Waals surface area contributed by atoms with Gasteiger partial charge in [0.05, 0.1) is 23.9 Å². The number of carbonyl (C=O) groups excluding carboxylic acids is 1. The molecule has 0 bridgehead atoms. The van der Waals surface area contributed by atoms with Gasteiger partial charge >= 0.3 is 0 Å². The second-order valence-corrected chi connectivity index (χ2v) is 7.58. The highest BCUT2D eigenvalue weighted by Crippen LogP contribution is 2.22. The van der Waals surface area contributed by atoms with Gasteiger partial charge in [0.2, 0.25) is 0 Å². The van der Waals surface area contributed by atoms with Crippen LogP contribution in [0.2, 0.25) is 0 Å². The number of aromatic amines is 1. The number of nitrogens with one attached hydrogen (secondary N) is 3. The Morgan fingerprint density at radius 3 is 2.56 bits per heavy atom. The van der Waals surface area contributed by atoms with Crippen LogP contribution in [0.25, 0.3) is 0 Å². The lowest BCUT2D eigenvalue weighted by atomic mass is 10.2. The van der Waals surface area contributed by atoms with Crippen LogP contribution >= 0.6 is 0 Å². The Bertz CT molecular complexity index is 839. The van der Waals surface area contributed by atoms with Crippen LogP contribution in [0.3, 0.4) is 0 Å². The smallest absolute Gasteiger partial charge is 0.271 e. The van der Waals surface area contributed by atoms with Gasteiger partial charge in [0.25, 0.3) is 15.9 Å². The molecule has 1 fully saturated rings. The standard InChI is InChI=1S/C16H20N4O4S/c1-24-12-6-8-13(9-7-12)25(22,23)20-14-10-17-19-15(14)16(21)18-11-4-2-3-5-11/h6-11,20H,2-5H2,1H3,(H,17,19)(H,18,21). The van der Waals surface area contributed by atoms with Crippen LogP contribution in [0.4, 0.5) is 5.69 Å². The molecule has 1 saturated carbocycles. The van der Waals surface area contributed by atoms with E-state index < -0.39 is 10.0 Å². The van der Waals surface area contributed by atoms with Gasteiger partial charge in [-0.3, -0.25) is 14.6 Å². The number of amides is 1. The second kappa shape index (κ2) is 7.14. The Morgan fingerprint density at radius 2 is 1.92 bits per heavy atom. The van der Waals surface area contributed by atoms with Gasteiger partial charge in [0.1, 0.15) is 11.4 Å². The Kier molecular flexibility index (Phi) is 4.93. The first-order chi connectivity index (χ1) is 12.0. The molecule has 1 aliphatic rings. The summed E-state index contributed by atoms with van der Waals surface area (Å²) in [5.41, 5.74) is 0.218. The van der Waals surface area contributed by atoms with Crippen LogP contribution in [-0.2, 0) is 10.0 Å². The van der Waals surface area contributed by atoms with Crippen molar-refractivity contribution in [3.8, 4) is 5.75 Å². The molecular weight excluding hydrogens is 344 g/mol.